The van der Waals surface area contributed by atoms with E-state index >= 15 is 0 Å². The zero-order valence-corrected chi connectivity index (χ0v) is 47.5. The Morgan fingerprint density at radius 2 is 0.867 bits per heavy atom. The first-order valence-corrected chi connectivity index (χ1v) is 30.3. The number of allylic oxidation sites excluding steroid dienone is 10. The molecular formula is C63H108O12. The lowest BCUT2D eigenvalue weighted by atomic mass is 9.98. The fraction of sp³-hybridized carbons (Fsp3) is 0.778. The van der Waals surface area contributed by atoms with Gasteiger partial charge in [-0.2, -0.15) is 0 Å². The van der Waals surface area contributed by atoms with Gasteiger partial charge in [-0.1, -0.05) is 229 Å². The van der Waals surface area contributed by atoms with Crippen molar-refractivity contribution in [2.45, 2.75) is 302 Å². The molecule has 1 fully saturated rings. The molecule has 432 valence electrons. The molecule has 1 aliphatic rings. The van der Waals surface area contributed by atoms with E-state index in [0.717, 1.165) is 109 Å². The molecule has 0 aromatic carbocycles. The molecule has 3 N–H and O–H groups in total. The Morgan fingerprint density at radius 3 is 1.35 bits per heavy atom. The van der Waals surface area contributed by atoms with E-state index in [1.807, 2.05) is 0 Å². The van der Waals surface area contributed by atoms with E-state index in [1.165, 1.54) is 96.3 Å². The van der Waals surface area contributed by atoms with Gasteiger partial charge in [0.25, 0.3) is 0 Å². The molecule has 12 heteroatoms. The maximum absolute atomic E-state index is 13.1. The maximum Gasteiger partial charge on any atom is 0.335 e. The average Bonchev–Trinajstić information content (AvgIpc) is 3.39. The average molecular weight is 1060 g/mol. The SMILES string of the molecule is CC/C=C\C/C=C\C/C=C\CCCCCC(=O)OC1C(OCC(COC(=O)CCCCCCCCCCCCCCCCCCCCC)OC(=O)CCCCCCC/C=C\C/C=C\CCC)OC(C(=O)O)C(O)C1O. The van der Waals surface area contributed by atoms with Gasteiger partial charge in [-0.05, 0) is 77.0 Å². The van der Waals surface area contributed by atoms with Crippen LogP contribution in [-0.4, -0.2) is 89.2 Å². The van der Waals surface area contributed by atoms with E-state index < -0.39 is 67.3 Å². The maximum atomic E-state index is 13.1. The molecule has 75 heavy (non-hydrogen) atoms. The molecule has 0 aromatic heterocycles. The third-order valence-corrected chi connectivity index (χ3v) is 13.6. The quantitative estimate of drug-likeness (QED) is 0.0228. The van der Waals surface area contributed by atoms with E-state index in [2.05, 4.69) is 81.5 Å². The van der Waals surface area contributed by atoms with Crippen LogP contribution in [0.4, 0.5) is 0 Å². The highest BCUT2D eigenvalue weighted by atomic mass is 16.7. The van der Waals surface area contributed by atoms with Gasteiger partial charge in [0.2, 0.25) is 0 Å². The Morgan fingerprint density at radius 1 is 0.453 bits per heavy atom. The lowest BCUT2D eigenvalue weighted by Crippen LogP contribution is -2.61. The Labute approximate surface area is 456 Å². The van der Waals surface area contributed by atoms with Crippen LogP contribution in [0.3, 0.4) is 0 Å². The first-order valence-electron chi connectivity index (χ1n) is 30.3. The summed E-state index contributed by atoms with van der Waals surface area (Å²) in [6, 6.07) is 0. The van der Waals surface area contributed by atoms with E-state index in [-0.39, 0.29) is 25.9 Å². The molecule has 6 atom stereocenters. The van der Waals surface area contributed by atoms with Crippen molar-refractivity contribution >= 4 is 23.9 Å². The monoisotopic (exact) mass is 1060 g/mol. The molecule has 0 saturated carbocycles. The summed E-state index contributed by atoms with van der Waals surface area (Å²) in [5.41, 5.74) is 0. The van der Waals surface area contributed by atoms with Crippen LogP contribution in [0.2, 0.25) is 0 Å². The fourth-order valence-electron chi connectivity index (χ4n) is 8.95. The number of hydrogen-bond donors (Lipinski definition) is 3. The van der Waals surface area contributed by atoms with E-state index in [9.17, 15) is 34.5 Å². The Kier molecular flexibility index (Phi) is 47.4. The zero-order chi connectivity index (χ0) is 54.7. The minimum atomic E-state index is -1.91. The van der Waals surface area contributed by atoms with E-state index in [0.29, 0.717) is 19.3 Å². The number of aliphatic hydroxyl groups is 2. The summed E-state index contributed by atoms with van der Waals surface area (Å²) >= 11 is 0. The molecular weight excluding hydrogens is 949 g/mol. The smallest absolute Gasteiger partial charge is 0.335 e. The third kappa shape index (κ3) is 41.2. The Balaban J connectivity index is 2.67. The first kappa shape index (κ1) is 69.4. The molecule has 1 aliphatic heterocycles. The van der Waals surface area contributed by atoms with Crippen LogP contribution in [-0.2, 0) is 42.9 Å². The summed E-state index contributed by atoms with van der Waals surface area (Å²) < 4.78 is 28.4. The molecule has 0 spiro atoms. The van der Waals surface area contributed by atoms with Crippen LogP contribution >= 0.6 is 0 Å². The third-order valence-electron chi connectivity index (χ3n) is 13.6. The Hall–Kier alpha value is -3.58. The summed E-state index contributed by atoms with van der Waals surface area (Å²) in [6.07, 6.45) is 50.6. The summed E-state index contributed by atoms with van der Waals surface area (Å²) in [5, 5.41) is 31.4. The van der Waals surface area contributed by atoms with Gasteiger partial charge in [-0.3, -0.25) is 14.4 Å². The lowest BCUT2D eigenvalue weighted by molar-refractivity contribution is -0.301. The molecule has 1 heterocycles. The number of carbonyl (C=O) groups is 4. The van der Waals surface area contributed by atoms with Crippen LogP contribution in [0.15, 0.2) is 60.8 Å². The topological polar surface area (TPSA) is 175 Å². The molecule has 0 bridgehead atoms. The number of hydrogen-bond acceptors (Lipinski definition) is 11. The van der Waals surface area contributed by atoms with Crippen molar-refractivity contribution in [3.8, 4) is 0 Å². The van der Waals surface area contributed by atoms with Gasteiger partial charge in [-0.25, -0.2) is 4.79 Å². The van der Waals surface area contributed by atoms with Crippen LogP contribution in [0.1, 0.15) is 265 Å². The highest BCUT2D eigenvalue weighted by Crippen LogP contribution is 2.26. The molecule has 1 saturated heterocycles. The molecule has 0 aromatic rings. The van der Waals surface area contributed by atoms with Crippen molar-refractivity contribution in [3.63, 3.8) is 0 Å². The predicted molar refractivity (Wildman–Crippen MR) is 303 cm³/mol. The second-order valence-corrected chi connectivity index (χ2v) is 20.6. The summed E-state index contributed by atoms with van der Waals surface area (Å²) in [4.78, 5) is 51.1. The molecule has 0 aliphatic carbocycles. The highest BCUT2D eigenvalue weighted by Gasteiger charge is 2.50. The number of aliphatic hydroxyl groups excluding tert-OH is 2. The number of carbonyl (C=O) groups excluding carboxylic acids is 3. The standard InChI is InChI=1S/C63H108O12/c1-4-7-10-13-16-19-22-25-26-27-28-29-30-33-34-37-40-43-46-49-55(64)71-52-54(73-56(65)50-47-44-41-38-35-31-23-20-17-14-11-8-5-2)53-72-63-61(59(68)58(67)60(75-63)62(69)70)74-57(66)51-48-45-42-39-36-32-24-21-18-15-12-9-6-3/h9,11-12,14,18,20-21,23,32,36,54,58-61,63,67-68H,4-8,10,13,15-17,19,22,24-31,33-35,37-53H2,1-3H3,(H,69,70)/b12-9-,14-11-,21-18-,23-20-,36-32-. The molecule has 0 amide bonds. The lowest BCUT2D eigenvalue weighted by Gasteiger charge is -2.40. The van der Waals surface area contributed by atoms with Gasteiger partial charge in [0, 0.05) is 19.3 Å². The fourth-order valence-corrected chi connectivity index (χ4v) is 8.95. The van der Waals surface area contributed by atoms with E-state index in [1.54, 1.807) is 0 Å². The van der Waals surface area contributed by atoms with Gasteiger partial charge in [-0.15, -0.1) is 0 Å². The number of rotatable bonds is 51. The summed E-state index contributed by atoms with van der Waals surface area (Å²) in [7, 11) is 0. The van der Waals surface area contributed by atoms with Gasteiger partial charge in [0.05, 0.1) is 6.61 Å². The van der Waals surface area contributed by atoms with Crippen molar-refractivity contribution in [2.75, 3.05) is 13.2 Å². The molecule has 0 radical (unpaired) electrons. The molecule has 6 unspecified atom stereocenters. The summed E-state index contributed by atoms with van der Waals surface area (Å²) in [6.45, 7) is 5.80. The van der Waals surface area contributed by atoms with Crippen molar-refractivity contribution in [3.05, 3.63) is 60.8 Å². The number of carboxylic acid groups (broad SMARTS) is 1. The number of esters is 3. The van der Waals surface area contributed by atoms with Gasteiger partial charge < -0.3 is 39.0 Å². The van der Waals surface area contributed by atoms with Crippen molar-refractivity contribution in [1.82, 2.24) is 0 Å². The van der Waals surface area contributed by atoms with Gasteiger partial charge in [0.15, 0.2) is 24.6 Å². The molecule has 12 nitrogen and oxygen atoms in total. The number of unbranched alkanes of at least 4 members (excludes halogenated alkanes) is 27. The largest absolute Gasteiger partial charge is 0.479 e. The number of aliphatic carboxylic acids is 1. The number of ether oxygens (including phenoxy) is 5. The minimum absolute atomic E-state index is 0.0237. The minimum Gasteiger partial charge on any atom is -0.479 e. The number of carboxylic acids is 1. The van der Waals surface area contributed by atoms with Crippen molar-refractivity contribution in [2.24, 2.45) is 0 Å². The second kappa shape index (κ2) is 51.2. The predicted octanol–water partition coefficient (Wildman–Crippen LogP) is 15.6. The van der Waals surface area contributed by atoms with Crippen LogP contribution < -0.4 is 0 Å². The van der Waals surface area contributed by atoms with Gasteiger partial charge in [0.1, 0.15) is 18.8 Å². The highest BCUT2D eigenvalue weighted by molar-refractivity contribution is 5.74. The van der Waals surface area contributed by atoms with Crippen LogP contribution in [0, 0.1) is 0 Å². The van der Waals surface area contributed by atoms with E-state index in [4.69, 9.17) is 23.7 Å². The van der Waals surface area contributed by atoms with Gasteiger partial charge >= 0.3 is 23.9 Å². The molecule has 1 rings (SSSR count). The summed E-state index contributed by atoms with van der Waals surface area (Å²) in [5.74, 6) is -3.16. The van der Waals surface area contributed by atoms with Crippen LogP contribution in [0.5, 0.6) is 0 Å². The van der Waals surface area contributed by atoms with Crippen molar-refractivity contribution < 1.29 is 58.2 Å². The zero-order valence-electron chi connectivity index (χ0n) is 47.5. The second-order valence-electron chi connectivity index (χ2n) is 20.6. The first-order chi connectivity index (χ1) is 36.6. The van der Waals surface area contributed by atoms with Crippen molar-refractivity contribution in [1.29, 1.82) is 0 Å². The van der Waals surface area contributed by atoms with Crippen LogP contribution in [0.25, 0.3) is 0 Å². The normalized spacial score (nSPS) is 18.5. The Bertz CT molecular complexity index is 1540.